The van der Waals surface area contributed by atoms with Gasteiger partial charge in [0.15, 0.2) is 25.7 Å². The van der Waals surface area contributed by atoms with Gasteiger partial charge in [0.05, 0.1) is 12.2 Å². The number of fused-ring (bicyclic) bond motifs is 1. The third-order valence-electron chi connectivity index (χ3n) is 6.82. The monoisotopic (exact) mass is 449 g/mol. The maximum absolute atomic E-state index is 13.5. The molecule has 172 valence electrons. The number of H-pyrrole nitrogens is 1. The smallest absolute Gasteiger partial charge is 0.333 e. The first-order valence-electron chi connectivity index (χ1n) is 11.2. The van der Waals surface area contributed by atoms with E-state index in [9.17, 15) is 9.59 Å². The summed E-state index contributed by atoms with van der Waals surface area (Å²) in [5, 5.41) is 0. The average molecular weight is 450 g/mol. The molecule has 1 aliphatic rings. The number of imidazole rings is 1. The third kappa shape index (κ3) is 3.92. The van der Waals surface area contributed by atoms with Crippen LogP contribution in [0.2, 0.25) is 18.1 Å². The van der Waals surface area contributed by atoms with Crippen LogP contribution in [0.25, 0.3) is 11.2 Å². The Bertz CT molecular complexity index is 1050. The number of nitrogen functional groups attached to an aromatic ring is 1. The number of nitrogens with two attached hydrogens (primary N) is 1. The van der Waals surface area contributed by atoms with Crippen molar-refractivity contribution in [3.63, 3.8) is 0 Å². The zero-order chi connectivity index (χ0) is 22.9. The normalized spacial score (nSPS) is 24.2. The van der Waals surface area contributed by atoms with Crippen molar-refractivity contribution >= 4 is 25.4 Å². The molecule has 2 aromatic rings. The Labute approximate surface area is 183 Å². The topological polar surface area (TPSA) is 117 Å². The molecular formula is C21H35N5O4Si. The number of hydrogen-bond donors (Lipinski definition) is 2. The molecule has 9 nitrogen and oxygen atoms in total. The average Bonchev–Trinajstić information content (AvgIpc) is 3.20. The summed E-state index contributed by atoms with van der Waals surface area (Å²) in [6.07, 6.45) is 1.33. The number of hydrogen-bond acceptors (Lipinski definition) is 6. The van der Waals surface area contributed by atoms with Gasteiger partial charge >= 0.3 is 5.69 Å². The largest absolute Gasteiger partial charge is 0.409 e. The number of ether oxygens (including phenoxy) is 1. The molecule has 3 rings (SSSR count). The minimum Gasteiger partial charge on any atom is -0.409 e. The zero-order valence-electron chi connectivity index (χ0n) is 19.2. The molecule has 3 heterocycles. The number of nitrogens with zero attached hydrogens (tertiary/aromatic N) is 3. The van der Waals surface area contributed by atoms with E-state index in [2.05, 4.69) is 51.2 Å². The summed E-state index contributed by atoms with van der Waals surface area (Å²) in [5.41, 5.74) is 5.37. The first-order valence-corrected chi connectivity index (χ1v) is 13.7. The van der Waals surface area contributed by atoms with Crippen LogP contribution in [-0.4, -0.2) is 39.6 Å². The molecule has 0 bridgehead atoms. The quantitative estimate of drug-likeness (QED) is 0.449. The van der Waals surface area contributed by atoms with Gasteiger partial charge in [-0.2, -0.15) is 4.98 Å². The molecule has 1 aliphatic heterocycles. The highest BCUT2D eigenvalue weighted by atomic mass is 28.4. The van der Waals surface area contributed by atoms with Crippen LogP contribution < -0.4 is 17.0 Å². The lowest BCUT2D eigenvalue weighted by atomic mass is 9.99. The second kappa shape index (κ2) is 9.13. The first-order chi connectivity index (χ1) is 14.8. The van der Waals surface area contributed by atoms with Crippen molar-refractivity contribution in [1.29, 1.82) is 0 Å². The van der Waals surface area contributed by atoms with Crippen molar-refractivity contribution in [2.45, 2.75) is 84.2 Å². The van der Waals surface area contributed by atoms with Gasteiger partial charge in [0, 0.05) is 12.5 Å². The lowest BCUT2D eigenvalue weighted by Gasteiger charge is -2.35. The highest BCUT2D eigenvalue weighted by Gasteiger charge is 2.48. The molecule has 1 fully saturated rings. The van der Waals surface area contributed by atoms with Crippen LogP contribution in [-0.2, 0) is 15.7 Å². The van der Waals surface area contributed by atoms with E-state index in [1.165, 1.54) is 9.13 Å². The molecule has 0 saturated carbocycles. The van der Waals surface area contributed by atoms with E-state index >= 15 is 0 Å². The summed E-state index contributed by atoms with van der Waals surface area (Å²) in [6.45, 7) is 14.6. The standard InChI is InChI=1S/C21H35N5O4Si/c1-7-12-25-15-17(23-20(22)24-18(15)27)26(21(25)28)19-16(13(6)14(8-2)29-19)30-31(9-3,10-4)11-5/h7,13-14,16,19H,1,8-12H2,2-6H3,(H3,22,23,24,27)/t13-,14-,16?,19-/m1/s1. The van der Waals surface area contributed by atoms with Crippen LogP contribution in [0.1, 0.15) is 47.3 Å². The second-order valence-corrected chi connectivity index (χ2v) is 13.1. The molecule has 0 amide bonds. The van der Waals surface area contributed by atoms with Crippen molar-refractivity contribution < 1.29 is 9.16 Å². The minimum atomic E-state index is -1.99. The van der Waals surface area contributed by atoms with Crippen molar-refractivity contribution in [3.8, 4) is 0 Å². The third-order valence-corrected chi connectivity index (χ3v) is 11.5. The maximum Gasteiger partial charge on any atom is 0.333 e. The molecule has 0 aliphatic carbocycles. The first kappa shape index (κ1) is 23.5. The van der Waals surface area contributed by atoms with Gasteiger partial charge in [0.2, 0.25) is 5.95 Å². The summed E-state index contributed by atoms with van der Waals surface area (Å²) in [5.74, 6) is 0.0486. The van der Waals surface area contributed by atoms with E-state index < -0.39 is 20.1 Å². The Morgan fingerprint density at radius 3 is 2.45 bits per heavy atom. The van der Waals surface area contributed by atoms with Crippen molar-refractivity contribution in [3.05, 3.63) is 33.5 Å². The molecule has 10 heteroatoms. The highest BCUT2D eigenvalue weighted by Crippen LogP contribution is 2.41. The van der Waals surface area contributed by atoms with Gasteiger partial charge in [-0.05, 0) is 24.6 Å². The van der Waals surface area contributed by atoms with Crippen LogP contribution >= 0.6 is 0 Å². The summed E-state index contributed by atoms with van der Waals surface area (Å²) in [6, 6.07) is 2.97. The van der Waals surface area contributed by atoms with Gasteiger partial charge in [-0.25, -0.2) is 9.36 Å². The fraction of sp³-hybridized carbons (Fsp3) is 0.667. The Morgan fingerprint density at radius 1 is 1.26 bits per heavy atom. The molecule has 3 N–H and O–H groups in total. The highest BCUT2D eigenvalue weighted by molar-refractivity contribution is 6.73. The Balaban J connectivity index is 2.23. The fourth-order valence-electron chi connectivity index (χ4n) is 4.71. The summed E-state index contributed by atoms with van der Waals surface area (Å²) >= 11 is 0. The molecule has 1 unspecified atom stereocenters. The minimum absolute atomic E-state index is 0.0445. The van der Waals surface area contributed by atoms with E-state index in [4.69, 9.17) is 14.9 Å². The number of aromatic amines is 1. The number of rotatable bonds is 9. The summed E-state index contributed by atoms with van der Waals surface area (Å²) < 4.78 is 16.1. The van der Waals surface area contributed by atoms with Crippen LogP contribution in [0.4, 0.5) is 5.95 Å². The number of aromatic nitrogens is 4. The van der Waals surface area contributed by atoms with Gasteiger partial charge < -0.3 is 14.9 Å². The van der Waals surface area contributed by atoms with Gasteiger partial charge in [-0.15, -0.1) is 6.58 Å². The summed E-state index contributed by atoms with van der Waals surface area (Å²) in [7, 11) is -1.99. The number of nitrogens with one attached hydrogen (secondary N) is 1. The van der Waals surface area contributed by atoms with Crippen LogP contribution in [0.5, 0.6) is 0 Å². The molecule has 2 aromatic heterocycles. The van der Waals surface area contributed by atoms with Crippen LogP contribution in [0.15, 0.2) is 22.2 Å². The zero-order valence-corrected chi connectivity index (χ0v) is 20.2. The van der Waals surface area contributed by atoms with Crippen molar-refractivity contribution in [1.82, 2.24) is 19.1 Å². The molecule has 1 saturated heterocycles. The predicted molar refractivity (Wildman–Crippen MR) is 125 cm³/mol. The molecular weight excluding hydrogens is 414 g/mol. The van der Waals surface area contributed by atoms with Crippen molar-refractivity contribution in [2.24, 2.45) is 5.92 Å². The maximum atomic E-state index is 13.5. The molecule has 0 radical (unpaired) electrons. The van der Waals surface area contributed by atoms with Gasteiger partial charge in [-0.3, -0.25) is 14.3 Å². The predicted octanol–water partition coefficient (Wildman–Crippen LogP) is 2.99. The Kier molecular flexibility index (Phi) is 6.92. The van der Waals surface area contributed by atoms with E-state index in [0.717, 1.165) is 24.6 Å². The second-order valence-electron chi connectivity index (χ2n) is 8.33. The Hall–Kier alpha value is -2.17. The molecule has 0 aromatic carbocycles. The SMILES string of the molecule is C=CCn1c(=O)n([C@@H]2O[C@H](CC)[C@@H](C)C2O[Si](CC)(CC)CC)c2nc(N)[nH]c(=O)c21. The lowest BCUT2D eigenvalue weighted by molar-refractivity contribution is -0.0338. The molecule has 4 atom stereocenters. The van der Waals surface area contributed by atoms with Crippen LogP contribution in [0, 0.1) is 5.92 Å². The molecule has 31 heavy (non-hydrogen) atoms. The number of anilines is 1. The lowest BCUT2D eigenvalue weighted by Crippen LogP contribution is -2.45. The number of allylic oxidation sites excluding steroid dienone is 1. The molecule has 0 spiro atoms. The van der Waals surface area contributed by atoms with Gasteiger partial charge in [-0.1, -0.05) is 40.7 Å². The van der Waals surface area contributed by atoms with Crippen LogP contribution in [0.3, 0.4) is 0 Å². The fourth-order valence-corrected chi connectivity index (χ4v) is 7.62. The van der Waals surface area contributed by atoms with E-state index in [-0.39, 0.29) is 47.5 Å². The van der Waals surface area contributed by atoms with Crippen molar-refractivity contribution in [2.75, 3.05) is 5.73 Å². The van der Waals surface area contributed by atoms with E-state index in [0.29, 0.717) is 0 Å². The summed E-state index contributed by atoms with van der Waals surface area (Å²) in [4.78, 5) is 32.9. The van der Waals surface area contributed by atoms with Gasteiger partial charge in [0.25, 0.3) is 5.56 Å². The van der Waals surface area contributed by atoms with Gasteiger partial charge in [0.1, 0.15) is 0 Å². The Morgan fingerprint density at radius 2 is 1.90 bits per heavy atom. The van der Waals surface area contributed by atoms with E-state index in [1.54, 1.807) is 6.08 Å². The van der Waals surface area contributed by atoms with E-state index in [1.807, 2.05) is 0 Å².